The monoisotopic (exact) mass is 389 g/mol. The van der Waals surface area contributed by atoms with Crippen molar-refractivity contribution in [2.75, 3.05) is 31.2 Å². The largest absolute Gasteiger partial charge is 0.378 e. The van der Waals surface area contributed by atoms with Gasteiger partial charge in [0.05, 0.1) is 13.2 Å². The Hall–Kier alpha value is -2.18. The predicted octanol–water partition coefficient (Wildman–Crippen LogP) is 4.87. The number of H-pyrrole nitrogens is 1. The molecule has 1 aliphatic heterocycles. The standard InChI is InChI=1S/C16H16ClN5O.2C2H6/c1-10-18-14(17)13-16(19-10)21-15(20-13)11-2-4-12(5-3-11)22-6-8-23-9-7-22;2*1-2/h2-5H,6-9H2,1H3,(H,18,19,20,21);2*1-2H3. The average molecular weight is 390 g/mol. The van der Waals surface area contributed by atoms with Crippen LogP contribution in [-0.4, -0.2) is 46.2 Å². The number of fused-ring (bicyclic) bond motifs is 1. The molecule has 0 amide bonds. The van der Waals surface area contributed by atoms with Crippen LogP contribution in [0.3, 0.4) is 0 Å². The van der Waals surface area contributed by atoms with Crippen molar-refractivity contribution < 1.29 is 4.74 Å². The molecule has 0 radical (unpaired) electrons. The smallest absolute Gasteiger partial charge is 0.183 e. The fourth-order valence-corrected chi connectivity index (χ4v) is 3.01. The molecule has 0 atom stereocenters. The van der Waals surface area contributed by atoms with E-state index in [9.17, 15) is 0 Å². The predicted molar refractivity (Wildman–Crippen MR) is 113 cm³/mol. The van der Waals surface area contributed by atoms with Gasteiger partial charge in [-0.15, -0.1) is 0 Å². The summed E-state index contributed by atoms with van der Waals surface area (Å²) < 4.78 is 5.39. The highest BCUT2D eigenvalue weighted by Gasteiger charge is 2.13. The summed E-state index contributed by atoms with van der Waals surface area (Å²) in [7, 11) is 0. The van der Waals surface area contributed by atoms with Crippen molar-refractivity contribution in [3.05, 3.63) is 35.2 Å². The van der Waals surface area contributed by atoms with E-state index in [1.807, 2.05) is 27.7 Å². The first-order valence-corrected chi connectivity index (χ1v) is 9.91. The molecule has 4 rings (SSSR count). The molecule has 1 aliphatic rings. The van der Waals surface area contributed by atoms with E-state index in [1.165, 1.54) is 5.69 Å². The molecule has 1 saturated heterocycles. The van der Waals surface area contributed by atoms with Crippen LogP contribution < -0.4 is 4.90 Å². The van der Waals surface area contributed by atoms with Gasteiger partial charge in [-0.05, 0) is 31.2 Å². The molecule has 0 unspecified atom stereocenters. The van der Waals surface area contributed by atoms with Gasteiger partial charge in [-0.2, -0.15) is 0 Å². The maximum Gasteiger partial charge on any atom is 0.183 e. The second kappa shape index (κ2) is 10.2. The summed E-state index contributed by atoms with van der Waals surface area (Å²) >= 11 is 6.15. The molecule has 0 aliphatic carbocycles. The molecule has 0 spiro atoms. The van der Waals surface area contributed by atoms with Crippen LogP contribution in [0.25, 0.3) is 22.6 Å². The lowest BCUT2D eigenvalue weighted by molar-refractivity contribution is 0.122. The summed E-state index contributed by atoms with van der Waals surface area (Å²) in [5.74, 6) is 1.36. The fraction of sp³-hybridized carbons (Fsp3) is 0.450. The van der Waals surface area contributed by atoms with Crippen molar-refractivity contribution in [1.82, 2.24) is 19.9 Å². The lowest BCUT2D eigenvalue weighted by Gasteiger charge is -2.28. The third kappa shape index (κ3) is 4.96. The van der Waals surface area contributed by atoms with Crippen LogP contribution in [-0.2, 0) is 4.74 Å². The molecule has 146 valence electrons. The Kier molecular flexibility index (Phi) is 8.00. The number of ether oxygens (including phenoxy) is 1. The fourth-order valence-electron chi connectivity index (χ4n) is 2.75. The Morgan fingerprint density at radius 1 is 0.963 bits per heavy atom. The molecule has 3 heterocycles. The van der Waals surface area contributed by atoms with E-state index >= 15 is 0 Å². The summed E-state index contributed by atoms with van der Waals surface area (Å²) in [6.45, 7) is 13.2. The molecule has 7 heteroatoms. The Morgan fingerprint density at radius 2 is 1.59 bits per heavy atom. The summed E-state index contributed by atoms with van der Waals surface area (Å²) in [5, 5.41) is 0.399. The molecule has 0 saturated carbocycles. The minimum absolute atomic E-state index is 0.399. The lowest BCUT2D eigenvalue weighted by Crippen LogP contribution is -2.36. The van der Waals surface area contributed by atoms with Gasteiger partial charge in [-0.25, -0.2) is 15.0 Å². The Morgan fingerprint density at radius 3 is 2.22 bits per heavy atom. The summed E-state index contributed by atoms with van der Waals surface area (Å²) in [6, 6.07) is 8.31. The number of nitrogens with one attached hydrogen (secondary N) is 1. The van der Waals surface area contributed by atoms with Gasteiger partial charge in [0.1, 0.15) is 17.2 Å². The Bertz CT molecular complexity index is 841. The highest BCUT2D eigenvalue weighted by molar-refractivity contribution is 6.33. The van der Waals surface area contributed by atoms with Gasteiger partial charge >= 0.3 is 0 Å². The first-order valence-electron chi connectivity index (χ1n) is 9.54. The first kappa shape index (κ1) is 21.1. The maximum atomic E-state index is 6.15. The summed E-state index contributed by atoms with van der Waals surface area (Å²) in [4.78, 5) is 18.5. The van der Waals surface area contributed by atoms with Gasteiger partial charge in [-0.1, -0.05) is 39.3 Å². The molecule has 2 aromatic heterocycles. The topological polar surface area (TPSA) is 66.9 Å². The second-order valence-corrected chi connectivity index (χ2v) is 5.85. The number of morpholine rings is 1. The van der Waals surface area contributed by atoms with E-state index in [0.717, 1.165) is 37.7 Å². The van der Waals surface area contributed by atoms with E-state index in [4.69, 9.17) is 16.3 Å². The number of benzene rings is 1. The van der Waals surface area contributed by atoms with Gasteiger partial charge in [-0.3, -0.25) is 0 Å². The van der Waals surface area contributed by atoms with Crippen molar-refractivity contribution >= 4 is 28.5 Å². The van der Waals surface area contributed by atoms with E-state index in [1.54, 1.807) is 6.92 Å². The minimum atomic E-state index is 0.399. The van der Waals surface area contributed by atoms with E-state index in [0.29, 0.717) is 22.1 Å². The van der Waals surface area contributed by atoms with Crippen molar-refractivity contribution in [1.29, 1.82) is 0 Å². The van der Waals surface area contributed by atoms with Crippen molar-refractivity contribution in [3.63, 3.8) is 0 Å². The zero-order chi connectivity index (χ0) is 19.8. The highest BCUT2D eigenvalue weighted by atomic mass is 35.5. The molecule has 1 fully saturated rings. The first-order chi connectivity index (χ1) is 13.2. The van der Waals surface area contributed by atoms with Gasteiger partial charge in [0.2, 0.25) is 0 Å². The number of aryl methyl sites for hydroxylation is 1. The third-order valence-electron chi connectivity index (χ3n) is 3.94. The van der Waals surface area contributed by atoms with Crippen molar-refractivity contribution in [3.8, 4) is 11.4 Å². The summed E-state index contributed by atoms with van der Waals surface area (Å²) in [5.41, 5.74) is 3.45. The summed E-state index contributed by atoms with van der Waals surface area (Å²) in [6.07, 6.45) is 0. The Labute approximate surface area is 166 Å². The van der Waals surface area contributed by atoms with Gasteiger partial charge in [0.15, 0.2) is 10.8 Å². The molecule has 3 aromatic rings. The number of nitrogens with zero attached hydrogens (tertiary/aromatic N) is 4. The van der Waals surface area contributed by atoms with E-state index in [-0.39, 0.29) is 0 Å². The Balaban J connectivity index is 0.000000614. The normalized spacial score (nSPS) is 13.5. The number of anilines is 1. The zero-order valence-corrected chi connectivity index (χ0v) is 17.5. The number of hydrogen-bond donors (Lipinski definition) is 1. The van der Waals surface area contributed by atoms with Crippen LogP contribution in [0.1, 0.15) is 33.5 Å². The average Bonchev–Trinajstić information content (AvgIpc) is 3.16. The van der Waals surface area contributed by atoms with Crippen molar-refractivity contribution in [2.24, 2.45) is 0 Å². The van der Waals surface area contributed by atoms with Crippen LogP contribution in [0.15, 0.2) is 24.3 Å². The number of aromatic nitrogens is 4. The number of aromatic amines is 1. The van der Waals surface area contributed by atoms with Gasteiger partial charge < -0.3 is 14.6 Å². The van der Waals surface area contributed by atoms with Crippen LogP contribution in [0.5, 0.6) is 0 Å². The number of rotatable bonds is 2. The van der Waals surface area contributed by atoms with Crippen LogP contribution >= 0.6 is 11.6 Å². The number of halogens is 1. The molecular weight excluding hydrogens is 362 g/mol. The van der Waals surface area contributed by atoms with E-state index in [2.05, 4.69) is 49.1 Å². The van der Waals surface area contributed by atoms with Crippen LogP contribution in [0.4, 0.5) is 5.69 Å². The molecular formula is C20H28ClN5O. The zero-order valence-electron chi connectivity index (χ0n) is 16.7. The molecule has 27 heavy (non-hydrogen) atoms. The SMILES string of the molecule is CC.CC.Cc1nc(Cl)c2[nH]c(-c3ccc(N4CCOCC4)cc3)nc2n1. The quantitative estimate of drug-likeness (QED) is 0.633. The number of hydrogen-bond acceptors (Lipinski definition) is 5. The maximum absolute atomic E-state index is 6.15. The van der Waals surface area contributed by atoms with Gasteiger partial charge in [0, 0.05) is 24.3 Å². The highest BCUT2D eigenvalue weighted by Crippen LogP contribution is 2.25. The van der Waals surface area contributed by atoms with Crippen molar-refractivity contribution in [2.45, 2.75) is 34.6 Å². The second-order valence-electron chi connectivity index (χ2n) is 5.49. The van der Waals surface area contributed by atoms with Gasteiger partial charge in [0.25, 0.3) is 0 Å². The van der Waals surface area contributed by atoms with Crippen LogP contribution in [0.2, 0.25) is 5.15 Å². The minimum Gasteiger partial charge on any atom is -0.378 e. The molecule has 1 aromatic carbocycles. The molecule has 6 nitrogen and oxygen atoms in total. The van der Waals surface area contributed by atoms with E-state index < -0.39 is 0 Å². The number of imidazole rings is 1. The van der Waals surface area contributed by atoms with Crippen LogP contribution in [0, 0.1) is 6.92 Å². The lowest BCUT2D eigenvalue weighted by atomic mass is 10.2. The molecule has 1 N–H and O–H groups in total. The molecule has 0 bridgehead atoms. The third-order valence-corrected chi connectivity index (χ3v) is 4.21.